The SMILES string of the molecule is COc1ccc(OC)c(-n2nnnc2SCc2cc(=O)[nH]c3ccccc23)c1. The van der Waals surface area contributed by atoms with Gasteiger partial charge in [0.2, 0.25) is 10.7 Å². The number of hydrogen-bond donors (Lipinski definition) is 1. The third kappa shape index (κ3) is 3.44. The number of hydrogen-bond acceptors (Lipinski definition) is 7. The van der Waals surface area contributed by atoms with Crippen LogP contribution in [0.25, 0.3) is 16.6 Å². The molecular weight excluding hydrogens is 378 g/mol. The van der Waals surface area contributed by atoms with Gasteiger partial charge in [-0.05, 0) is 34.2 Å². The fraction of sp³-hybridized carbons (Fsp3) is 0.158. The third-order valence-corrected chi connectivity index (χ3v) is 5.22. The molecule has 8 nitrogen and oxygen atoms in total. The lowest BCUT2D eigenvalue weighted by Gasteiger charge is -2.11. The molecule has 0 atom stereocenters. The summed E-state index contributed by atoms with van der Waals surface area (Å²) in [6.45, 7) is 0. The summed E-state index contributed by atoms with van der Waals surface area (Å²) in [5, 5.41) is 13.6. The number of para-hydroxylation sites is 1. The zero-order valence-electron chi connectivity index (χ0n) is 15.2. The van der Waals surface area contributed by atoms with E-state index in [0.29, 0.717) is 28.1 Å². The second-order valence-electron chi connectivity index (χ2n) is 5.90. The zero-order valence-corrected chi connectivity index (χ0v) is 16.1. The molecule has 1 N–H and O–H groups in total. The molecule has 2 aromatic carbocycles. The van der Waals surface area contributed by atoms with Gasteiger partial charge >= 0.3 is 0 Å². The Balaban J connectivity index is 1.68. The number of nitrogens with zero attached hydrogens (tertiary/aromatic N) is 4. The molecule has 0 unspecified atom stereocenters. The lowest BCUT2D eigenvalue weighted by molar-refractivity contribution is 0.399. The molecule has 2 heterocycles. The van der Waals surface area contributed by atoms with Gasteiger partial charge in [-0.25, -0.2) is 0 Å². The summed E-state index contributed by atoms with van der Waals surface area (Å²) < 4.78 is 12.3. The number of ether oxygens (including phenoxy) is 2. The lowest BCUT2D eigenvalue weighted by Crippen LogP contribution is -2.06. The van der Waals surface area contributed by atoms with E-state index >= 15 is 0 Å². The van der Waals surface area contributed by atoms with Crippen LogP contribution in [-0.2, 0) is 5.75 Å². The topological polar surface area (TPSA) is 94.9 Å². The van der Waals surface area contributed by atoms with E-state index in [1.165, 1.54) is 11.8 Å². The molecule has 0 saturated heterocycles. The van der Waals surface area contributed by atoms with E-state index in [9.17, 15) is 4.79 Å². The van der Waals surface area contributed by atoms with Crippen LogP contribution in [0.5, 0.6) is 11.5 Å². The molecule has 2 aromatic heterocycles. The van der Waals surface area contributed by atoms with E-state index < -0.39 is 0 Å². The number of aromatic nitrogens is 5. The number of methoxy groups -OCH3 is 2. The normalized spacial score (nSPS) is 10.9. The van der Waals surface area contributed by atoms with E-state index in [2.05, 4.69) is 20.5 Å². The van der Waals surface area contributed by atoms with Crippen LogP contribution < -0.4 is 15.0 Å². The van der Waals surface area contributed by atoms with E-state index in [1.807, 2.05) is 36.4 Å². The molecule has 0 radical (unpaired) electrons. The molecule has 0 saturated carbocycles. The van der Waals surface area contributed by atoms with E-state index in [4.69, 9.17) is 9.47 Å². The highest BCUT2D eigenvalue weighted by Gasteiger charge is 2.15. The number of aromatic amines is 1. The Bertz CT molecular complexity index is 1190. The summed E-state index contributed by atoms with van der Waals surface area (Å²) in [7, 11) is 3.18. The highest BCUT2D eigenvalue weighted by molar-refractivity contribution is 7.98. The number of tetrazole rings is 1. The standard InChI is InChI=1S/C19H17N5O3S/c1-26-13-7-8-17(27-2)16(10-13)24-19(21-22-23-24)28-11-12-9-18(25)20-15-6-4-3-5-14(12)15/h3-10H,11H2,1-2H3,(H,20,25). The lowest BCUT2D eigenvalue weighted by atomic mass is 10.1. The van der Waals surface area contributed by atoms with E-state index in [0.717, 1.165) is 16.5 Å². The number of benzene rings is 2. The maximum absolute atomic E-state index is 12.0. The minimum atomic E-state index is -0.136. The first-order chi connectivity index (χ1) is 13.7. The van der Waals surface area contributed by atoms with Gasteiger partial charge in [0, 0.05) is 28.8 Å². The van der Waals surface area contributed by atoms with Crippen molar-refractivity contribution < 1.29 is 9.47 Å². The van der Waals surface area contributed by atoms with Crippen molar-refractivity contribution in [3.05, 3.63) is 64.4 Å². The molecule has 0 aliphatic heterocycles. The second-order valence-corrected chi connectivity index (χ2v) is 6.85. The van der Waals surface area contributed by atoms with Crippen LogP contribution in [0.15, 0.2) is 58.5 Å². The smallest absolute Gasteiger partial charge is 0.248 e. The summed E-state index contributed by atoms with van der Waals surface area (Å²) in [5.74, 6) is 1.83. The summed E-state index contributed by atoms with van der Waals surface area (Å²) >= 11 is 1.44. The highest BCUT2D eigenvalue weighted by Crippen LogP contribution is 2.31. The van der Waals surface area contributed by atoms with Gasteiger partial charge in [-0.2, -0.15) is 4.68 Å². The zero-order chi connectivity index (χ0) is 19.5. The average molecular weight is 395 g/mol. The molecule has 142 valence electrons. The maximum atomic E-state index is 12.0. The molecule has 4 aromatic rings. The molecule has 0 spiro atoms. The van der Waals surface area contributed by atoms with Gasteiger partial charge in [0.15, 0.2) is 0 Å². The molecular formula is C19H17N5O3S. The number of nitrogens with one attached hydrogen (secondary N) is 1. The number of thioether (sulfide) groups is 1. The van der Waals surface area contributed by atoms with Crippen molar-refractivity contribution in [1.29, 1.82) is 0 Å². The van der Waals surface area contributed by atoms with Crippen molar-refractivity contribution in [3.8, 4) is 17.2 Å². The van der Waals surface area contributed by atoms with Gasteiger partial charge in [-0.15, -0.1) is 5.10 Å². The van der Waals surface area contributed by atoms with Crippen LogP contribution in [0.3, 0.4) is 0 Å². The Morgan fingerprint density at radius 3 is 2.79 bits per heavy atom. The van der Waals surface area contributed by atoms with Gasteiger partial charge < -0.3 is 14.5 Å². The quantitative estimate of drug-likeness (QED) is 0.502. The monoisotopic (exact) mass is 395 g/mol. The first-order valence-electron chi connectivity index (χ1n) is 8.44. The first kappa shape index (κ1) is 18.1. The van der Waals surface area contributed by atoms with Crippen LogP contribution in [0, 0.1) is 0 Å². The first-order valence-corrected chi connectivity index (χ1v) is 9.42. The van der Waals surface area contributed by atoms with Crippen molar-refractivity contribution in [1.82, 2.24) is 25.2 Å². The highest BCUT2D eigenvalue weighted by atomic mass is 32.2. The summed E-state index contributed by atoms with van der Waals surface area (Å²) in [6, 6.07) is 14.7. The van der Waals surface area contributed by atoms with Crippen molar-refractivity contribution >= 4 is 22.7 Å². The Hall–Kier alpha value is -3.33. The Morgan fingerprint density at radius 1 is 1.11 bits per heavy atom. The van der Waals surface area contributed by atoms with Gasteiger partial charge in [0.1, 0.15) is 17.2 Å². The molecule has 0 aliphatic rings. The molecule has 9 heteroatoms. The van der Waals surface area contributed by atoms with Gasteiger partial charge in [0.05, 0.1) is 14.2 Å². The third-order valence-electron chi connectivity index (χ3n) is 4.25. The summed E-state index contributed by atoms with van der Waals surface area (Å²) in [4.78, 5) is 14.8. The predicted molar refractivity (Wildman–Crippen MR) is 106 cm³/mol. The van der Waals surface area contributed by atoms with E-state index in [-0.39, 0.29) is 5.56 Å². The Kier molecular flexibility index (Phi) is 4.98. The fourth-order valence-corrected chi connectivity index (χ4v) is 3.80. The van der Waals surface area contributed by atoms with Crippen LogP contribution in [-0.4, -0.2) is 39.4 Å². The van der Waals surface area contributed by atoms with Gasteiger partial charge in [0.25, 0.3) is 0 Å². The van der Waals surface area contributed by atoms with Crippen LogP contribution >= 0.6 is 11.8 Å². The predicted octanol–water partition coefficient (Wildman–Crippen LogP) is 2.81. The van der Waals surface area contributed by atoms with Crippen molar-refractivity contribution in [2.75, 3.05) is 14.2 Å². The van der Waals surface area contributed by atoms with Gasteiger partial charge in [-0.3, -0.25) is 4.79 Å². The van der Waals surface area contributed by atoms with Gasteiger partial charge in [-0.1, -0.05) is 30.0 Å². The molecule has 0 aliphatic carbocycles. The molecule has 0 amide bonds. The molecule has 0 bridgehead atoms. The Morgan fingerprint density at radius 2 is 1.96 bits per heavy atom. The fourth-order valence-electron chi connectivity index (χ4n) is 2.92. The molecule has 0 fully saturated rings. The summed E-state index contributed by atoms with van der Waals surface area (Å²) in [5.41, 5.74) is 2.25. The van der Waals surface area contributed by atoms with Crippen molar-refractivity contribution in [2.45, 2.75) is 10.9 Å². The van der Waals surface area contributed by atoms with Crippen LogP contribution in [0.2, 0.25) is 0 Å². The maximum Gasteiger partial charge on any atom is 0.248 e. The van der Waals surface area contributed by atoms with Crippen LogP contribution in [0.1, 0.15) is 5.56 Å². The molecule has 28 heavy (non-hydrogen) atoms. The second kappa shape index (κ2) is 7.73. The molecule has 4 rings (SSSR count). The largest absolute Gasteiger partial charge is 0.497 e. The minimum Gasteiger partial charge on any atom is -0.497 e. The Labute approximate surface area is 164 Å². The number of H-pyrrole nitrogens is 1. The van der Waals surface area contributed by atoms with Crippen LogP contribution in [0.4, 0.5) is 0 Å². The van der Waals surface area contributed by atoms with Crippen molar-refractivity contribution in [2.24, 2.45) is 0 Å². The number of rotatable bonds is 6. The number of pyridine rings is 1. The minimum absolute atomic E-state index is 0.136. The summed E-state index contributed by atoms with van der Waals surface area (Å²) in [6.07, 6.45) is 0. The van der Waals surface area contributed by atoms with Crippen molar-refractivity contribution in [3.63, 3.8) is 0 Å². The number of fused-ring (bicyclic) bond motifs is 1. The average Bonchev–Trinajstić information content (AvgIpc) is 3.19. The van der Waals surface area contributed by atoms with E-state index in [1.54, 1.807) is 31.0 Å².